The molecule has 37 heavy (non-hydrogen) atoms. The summed E-state index contributed by atoms with van der Waals surface area (Å²) >= 11 is 0. The number of carbonyl (C=O) groups excluding carboxylic acids is 2. The van der Waals surface area contributed by atoms with Crippen molar-refractivity contribution in [1.82, 2.24) is 10.2 Å². The van der Waals surface area contributed by atoms with E-state index >= 15 is 0 Å². The minimum absolute atomic E-state index is 0.0212. The number of halogens is 1. The molecule has 2 heterocycles. The molecule has 182 valence electrons. The van der Waals surface area contributed by atoms with E-state index in [-0.39, 0.29) is 17.6 Å². The van der Waals surface area contributed by atoms with Gasteiger partial charge in [0.25, 0.3) is 11.8 Å². The lowest BCUT2D eigenvalue weighted by Gasteiger charge is -2.16. The van der Waals surface area contributed by atoms with Crippen LogP contribution in [0.15, 0.2) is 95.4 Å². The molecule has 6 rings (SSSR count). The maximum absolute atomic E-state index is 13.5. The molecule has 0 saturated heterocycles. The lowest BCUT2D eigenvalue weighted by molar-refractivity contribution is 0.0751. The first-order chi connectivity index (χ1) is 18.0. The Kier molecular flexibility index (Phi) is 5.57. The summed E-state index contributed by atoms with van der Waals surface area (Å²) in [6, 6.07) is 27.1. The summed E-state index contributed by atoms with van der Waals surface area (Å²) in [6.07, 6.45) is 0. The molecule has 0 spiro atoms. The predicted molar refractivity (Wildman–Crippen MR) is 140 cm³/mol. The molecule has 0 atom stereocenters. The number of fused-ring (bicyclic) bond motifs is 2. The van der Waals surface area contributed by atoms with Crippen LogP contribution in [0, 0.1) is 5.82 Å². The van der Waals surface area contributed by atoms with Gasteiger partial charge in [-0.15, -0.1) is 0 Å². The first-order valence-corrected chi connectivity index (χ1v) is 12.0. The summed E-state index contributed by atoms with van der Waals surface area (Å²) in [5.41, 5.74) is 6.21. The molecule has 6 heteroatoms. The van der Waals surface area contributed by atoms with Crippen molar-refractivity contribution in [2.24, 2.45) is 0 Å². The highest BCUT2D eigenvalue weighted by Gasteiger charge is 2.25. The Bertz CT molecular complexity index is 1650. The van der Waals surface area contributed by atoms with Gasteiger partial charge in [-0.05, 0) is 70.8 Å². The molecule has 0 saturated carbocycles. The van der Waals surface area contributed by atoms with Crippen LogP contribution < -0.4 is 5.32 Å². The Balaban J connectivity index is 1.38. The molecule has 5 aromatic rings. The molecule has 0 unspecified atom stereocenters. The molecule has 0 radical (unpaired) electrons. The van der Waals surface area contributed by atoms with Crippen LogP contribution in [0.25, 0.3) is 33.4 Å². The van der Waals surface area contributed by atoms with Gasteiger partial charge >= 0.3 is 0 Å². The number of amides is 2. The third-order valence-electron chi connectivity index (χ3n) is 6.82. The van der Waals surface area contributed by atoms with Gasteiger partial charge in [-0.1, -0.05) is 42.5 Å². The zero-order chi connectivity index (χ0) is 25.5. The normalized spacial score (nSPS) is 12.5. The van der Waals surface area contributed by atoms with E-state index in [1.165, 1.54) is 23.3 Å². The Morgan fingerprint density at radius 2 is 1.49 bits per heavy atom. The molecule has 5 nitrogen and oxygen atoms in total. The van der Waals surface area contributed by atoms with Crippen LogP contribution in [0.2, 0.25) is 0 Å². The lowest BCUT2D eigenvalue weighted by Crippen LogP contribution is -2.25. The predicted octanol–water partition coefficient (Wildman–Crippen LogP) is 6.42. The molecule has 0 bridgehead atoms. The third-order valence-corrected chi connectivity index (χ3v) is 6.82. The van der Waals surface area contributed by atoms with Crippen molar-refractivity contribution in [3.8, 4) is 22.5 Å². The fraction of sp³-hybridized carbons (Fsp3) is 0.0968. The van der Waals surface area contributed by atoms with E-state index in [9.17, 15) is 14.0 Å². The molecular weight excluding hydrogens is 467 g/mol. The van der Waals surface area contributed by atoms with Crippen LogP contribution >= 0.6 is 0 Å². The van der Waals surface area contributed by atoms with Gasteiger partial charge in [-0.2, -0.15) is 0 Å². The fourth-order valence-corrected chi connectivity index (χ4v) is 4.92. The van der Waals surface area contributed by atoms with Gasteiger partial charge in [0.05, 0.1) is 5.56 Å². The molecule has 1 aliphatic heterocycles. The summed E-state index contributed by atoms with van der Waals surface area (Å²) in [6.45, 7) is 1.20. The van der Waals surface area contributed by atoms with Gasteiger partial charge in [0.1, 0.15) is 17.2 Å². The van der Waals surface area contributed by atoms with Crippen LogP contribution in [0.1, 0.15) is 31.8 Å². The second kappa shape index (κ2) is 9.06. The van der Waals surface area contributed by atoms with E-state index in [0.717, 1.165) is 11.1 Å². The van der Waals surface area contributed by atoms with E-state index in [1.807, 2.05) is 59.5 Å². The molecule has 0 fully saturated rings. The SMILES string of the molecule is CNC(=O)c1c(-c2ccc(F)cc2)oc2ccc(-c3cccc(C(=O)N4Cc5ccccc5C4)c3)cc12. The number of hydrogen-bond donors (Lipinski definition) is 1. The molecule has 2 amide bonds. The lowest BCUT2D eigenvalue weighted by atomic mass is 9.99. The standard InChI is InChI=1S/C31H23FN2O3/c1-33-30(35)28-26-16-21(11-14-27(26)37-29(28)19-9-12-25(32)13-10-19)20-7-4-8-22(15-20)31(36)34-17-23-5-2-3-6-24(23)18-34/h2-16H,17-18H2,1H3,(H,33,35). The quantitative estimate of drug-likeness (QED) is 0.316. The van der Waals surface area contributed by atoms with E-state index in [1.54, 1.807) is 19.2 Å². The van der Waals surface area contributed by atoms with Crippen LogP contribution in [-0.4, -0.2) is 23.8 Å². The van der Waals surface area contributed by atoms with Crippen molar-refractivity contribution >= 4 is 22.8 Å². The minimum Gasteiger partial charge on any atom is -0.455 e. The van der Waals surface area contributed by atoms with Crippen molar-refractivity contribution in [2.45, 2.75) is 13.1 Å². The smallest absolute Gasteiger partial charge is 0.255 e. The van der Waals surface area contributed by atoms with Gasteiger partial charge in [-0.3, -0.25) is 9.59 Å². The van der Waals surface area contributed by atoms with Gasteiger partial charge < -0.3 is 14.6 Å². The number of carbonyl (C=O) groups is 2. The third kappa shape index (κ3) is 4.06. The highest BCUT2D eigenvalue weighted by atomic mass is 19.1. The first-order valence-electron chi connectivity index (χ1n) is 12.0. The van der Waals surface area contributed by atoms with Gasteiger partial charge in [-0.25, -0.2) is 4.39 Å². The van der Waals surface area contributed by atoms with Gasteiger partial charge in [0.15, 0.2) is 0 Å². The number of nitrogens with one attached hydrogen (secondary N) is 1. The van der Waals surface area contributed by atoms with Gasteiger partial charge in [0, 0.05) is 36.7 Å². The Hall–Kier alpha value is -4.71. The second-order valence-corrected chi connectivity index (χ2v) is 9.11. The van der Waals surface area contributed by atoms with Crippen LogP contribution in [0.4, 0.5) is 4.39 Å². The Morgan fingerprint density at radius 1 is 0.811 bits per heavy atom. The number of rotatable bonds is 4. The number of benzene rings is 4. The summed E-state index contributed by atoms with van der Waals surface area (Å²) in [7, 11) is 1.56. The maximum Gasteiger partial charge on any atom is 0.255 e. The van der Waals surface area contributed by atoms with Crippen molar-refractivity contribution in [3.05, 3.63) is 119 Å². The van der Waals surface area contributed by atoms with Crippen molar-refractivity contribution in [3.63, 3.8) is 0 Å². The molecule has 1 N–H and O–H groups in total. The summed E-state index contributed by atoms with van der Waals surface area (Å²) in [5, 5.41) is 3.32. The van der Waals surface area contributed by atoms with Crippen LogP contribution in [-0.2, 0) is 13.1 Å². The van der Waals surface area contributed by atoms with Crippen LogP contribution in [0.3, 0.4) is 0 Å². The van der Waals surface area contributed by atoms with Crippen molar-refractivity contribution in [1.29, 1.82) is 0 Å². The monoisotopic (exact) mass is 490 g/mol. The average molecular weight is 491 g/mol. The zero-order valence-corrected chi connectivity index (χ0v) is 20.1. The molecule has 1 aliphatic rings. The van der Waals surface area contributed by atoms with E-state index in [4.69, 9.17) is 4.42 Å². The summed E-state index contributed by atoms with van der Waals surface area (Å²) in [4.78, 5) is 28.0. The second-order valence-electron chi connectivity index (χ2n) is 9.11. The van der Waals surface area contributed by atoms with E-state index in [2.05, 4.69) is 17.4 Å². The molecular formula is C31H23FN2O3. The number of nitrogens with zero attached hydrogens (tertiary/aromatic N) is 1. The zero-order valence-electron chi connectivity index (χ0n) is 20.1. The summed E-state index contributed by atoms with van der Waals surface area (Å²) < 4.78 is 19.5. The molecule has 0 aliphatic carbocycles. The van der Waals surface area contributed by atoms with E-state index in [0.29, 0.717) is 46.5 Å². The highest BCUT2D eigenvalue weighted by Crippen LogP contribution is 2.36. The number of hydrogen-bond acceptors (Lipinski definition) is 3. The van der Waals surface area contributed by atoms with Crippen LogP contribution in [0.5, 0.6) is 0 Å². The average Bonchev–Trinajstić information content (AvgIpc) is 3.54. The highest BCUT2D eigenvalue weighted by molar-refractivity contribution is 6.11. The summed E-state index contributed by atoms with van der Waals surface area (Å²) in [5.74, 6) is -0.306. The first kappa shape index (κ1) is 22.7. The topological polar surface area (TPSA) is 62.6 Å². The minimum atomic E-state index is -0.365. The van der Waals surface area contributed by atoms with E-state index < -0.39 is 0 Å². The fourth-order valence-electron chi connectivity index (χ4n) is 4.92. The largest absolute Gasteiger partial charge is 0.455 e. The molecule has 1 aromatic heterocycles. The number of furan rings is 1. The molecule has 4 aromatic carbocycles. The van der Waals surface area contributed by atoms with Crippen molar-refractivity contribution in [2.75, 3.05) is 7.05 Å². The van der Waals surface area contributed by atoms with Crippen molar-refractivity contribution < 1.29 is 18.4 Å². The Labute approximate surface area is 213 Å². The Morgan fingerprint density at radius 3 is 2.19 bits per heavy atom. The maximum atomic E-state index is 13.5. The van der Waals surface area contributed by atoms with Gasteiger partial charge in [0.2, 0.25) is 0 Å².